The van der Waals surface area contributed by atoms with Crippen LogP contribution in [-0.2, 0) is 6.61 Å². The molecule has 0 radical (unpaired) electrons. The summed E-state index contributed by atoms with van der Waals surface area (Å²) < 4.78 is 11.1. The van der Waals surface area contributed by atoms with Gasteiger partial charge in [0.2, 0.25) is 11.8 Å². The number of hydrogen-bond donors (Lipinski definition) is 1. The van der Waals surface area contributed by atoms with Gasteiger partial charge in [0.1, 0.15) is 18.4 Å². The Morgan fingerprint density at radius 1 is 1.25 bits per heavy atom. The van der Waals surface area contributed by atoms with Gasteiger partial charge in [0.05, 0.1) is 10.7 Å². The van der Waals surface area contributed by atoms with Crippen LogP contribution in [0, 0.1) is 6.92 Å². The lowest BCUT2D eigenvalue weighted by molar-refractivity contribution is 0.301. The first-order valence-electron chi connectivity index (χ1n) is 7.50. The van der Waals surface area contributed by atoms with Crippen molar-refractivity contribution in [2.24, 2.45) is 0 Å². The number of ether oxygens (including phenoxy) is 1. The number of rotatable bonds is 6. The maximum Gasteiger partial charge on any atom is 0.238 e. The van der Waals surface area contributed by atoms with Crippen LogP contribution < -0.4 is 10.1 Å². The summed E-state index contributed by atoms with van der Waals surface area (Å²) in [5.74, 6) is 1.67. The molecule has 0 spiro atoms. The lowest BCUT2D eigenvalue weighted by atomic mass is 10.2. The first kappa shape index (κ1) is 16.3. The summed E-state index contributed by atoms with van der Waals surface area (Å²) in [7, 11) is 0. The molecule has 0 aliphatic rings. The minimum absolute atomic E-state index is 0.123. The minimum atomic E-state index is -0.123. The quantitative estimate of drug-likeness (QED) is 0.723. The van der Waals surface area contributed by atoms with Crippen LogP contribution >= 0.6 is 11.6 Å². The second-order valence-corrected chi connectivity index (χ2v) is 5.69. The second kappa shape index (κ2) is 7.31. The predicted molar refractivity (Wildman–Crippen MR) is 91.1 cm³/mol. The highest BCUT2D eigenvalue weighted by atomic mass is 35.5. The topological polar surface area (TPSA) is 73.1 Å². The highest BCUT2D eigenvalue weighted by molar-refractivity contribution is 6.32. The monoisotopic (exact) mass is 344 g/mol. The van der Waals surface area contributed by atoms with Crippen molar-refractivity contribution in [3.63, 3.8) is 0 Å². The van der Waals surface area contributed by atoms with E-state index in [0.29, 0.717) is 29.2 Å². The average Bonchev–Trinajstić information content (AvgIpc) is 3.02. The van der Waals surface area contributed by atoms with Gasteiger partial charge in [0.25, 0.3) is 0 Å². The van der Waals surface area contributed by atoms with Crippen molar-refractivity contribution in [3.8, 4) is 5.75 Å². The van der Waals surface area contributed by atoms with Crippen molar-refractivity contribution in [2.75, 3.05) is 5.32 Å². The van der Waals surface area contributed by atoms with Crippen LogP contribution in [0.5, 0.6) is 5.75 Å². The first-order chi connectivity index (χ1) is 11.6. The fourth-order valence-corrected chi connectivity index (χ4v) is 2.38. The maximum atomic E-state index is 6.29. The fraction of sp³-hybridized carbons (Fsp3) is 0.235. The van der Waals surface area contributed by atoms with Gasteiger partial charge >= 0.3 is 0 Å². The average molecular weight is 345 g/mol. The Balaban J connectivity index is 1.64. The van der Waals surface area contributed by atoms with E-state index in [1.54, 1.807) is 19.2 Å². The lowest BCUT2D eigenvalue weighted by Crippen LogP contribution is -2.07. The molecule has 0 unspecified atom stereocenters. The zero-order valence-electron chi connectivity index (χ0n) is 13.4. The van der Waals surface area contributed by atoms with E-state index in [2.05, 4.69) is 20.5 Å². The number of aryl methyl sites for hydroxylation is 1. The van der Waals surface area contributed by atoms with E-state index in [4.69, 9.17) is 20.8 Å². The van der Waals surface area contributed by atoms with Gasteiger partial charge in [-0.3, -0.25) is 4.98 Å². The number of pyridine rings is 1. The fourth-order valence-electron chi connectivity index (χ4n) is 2.14. The molecule has 0 aliphatic heterocycles. The number of nitrogens with one attached hydrogen (secondary N) is 1. The number of hydrogen-bond acceptors (Lipinski definition) is 6. The lowest BCUT2D eigenvalue weighted by Gasteiger charge is -2.13. The molecule has 1 atom stereocenters. The normalized spacial score (nSPS) is 12.0. The summed E-state index contributed by atoms with van der Waals surface area (Å²) in [4.78, 5) is 4.21. The van der Waals surface area contributed by atoms with E-state index in [1.165, 1.54) is 0 Å². The number of anilines is 1. The number of benzene rings is 1. The van der Waals surface area contributed by atoms with Crippen molar-refractivity contribution in [1.82, 2.24) is 15.2 Å². The van der Waals surface area contributed by atoms with Gasteiger partial charge in [-0.1, -0.05) is 17.7 Å². The van der Waals surface area contributed by atoms with Crippen molar-refractivity contribution in [2.45, 2.75) is 26.5 Å². The summed E-state index contributed by atoms with van der Waals surface area (Å²) in [5.41, 5.74) is 1.68. The Labute approximate surface area is 144 Å². The third-order valence-corrected chi connectivity index (χ3v) is 3.62. The molecule has 1 aromatic carbocycles. The molecule has 1 N–H and O–H groups in total. The largest absolute Gasteiger partial charge is 0.486 e. The van der Waals surface area contributed by atoms with Gasteiger partial charge in [0.15, 0.2) is 0 Å². The van der Waals surface area contributed by atoms with Crippen molar-refractivity contribution < 1.29 is 9.15 Å². The number of aromatic nitrogens is 3. The number of nitrogens with zero attached hydrogens (tertiary/aromatic N) is 3. The van der Waals surface area contributed by atoms with Gasteiger partial charge in [-0.05, 0) is 37.3 Å². The third kappa shape index (κ3) is 4.02. The number of halogens is 1. The van der Waals surface area contributed by atoms with Crippen LogP contribution in [0.15, 0.2) is 47.0 Å². The first-order valence-corrected chi connectivity index (χ1v) is 7.88. The summed E-state index contributed by atoms with van der Waals surface area (Å²) in [6, 6.07) is 11.1. The van der Waals surface area contributed by atoms with Crippen LogP contribution in [-0.4, -0.2) is 15.2 Å². The third-order valence-electron chi connectivity index (χ3n) is 3.33. The second-order valence-electron chi connectivity index (χ2n) is 5.28. The Hall–Kier alpha value is -2.60. The molecular formula is C17H17ClN4O2. The summed E-state index contributed by atoms with van der Waals surface area (Å²) in [6.07, 6.45) is 1.73. The van der Waals surface area contributed by atoms with Gasteiger partial charge < -0.3 is 14.5 Å². The van der Waals surface area contributed by atoms with E-state index in [9.17, 15) is 0 Å². The molecule has 0 aliphatic carbocycles. The Bertz CT molecular complexity index is 807. The van der Waals surface area contributed by atoms with Crippen LogP contribution in [0.3, 0.4) is 0 Å². The highest BCUT2D eigenvalue weighted by Gasteiger charge is 2.13. The molecule has 6 nitrogen and oxygen atoms in total. The van der Waals surface area contributed by atoms with Crippen LogP contribution in [0.2, 0.25) is 5.02 Å². The van der Waals surface area contributed by atoms with E-state index < -0.39 is 0 Å². The van der Waals surface area contributed by atoms with Crippen molar-refractivity contribution in [3.05, 3.63) is 65.1 Å². The summed E-state index contributed by atoms with van der Waals surface area (Å²) >= 11 is 6.29. The van der Waals surface area contributed by atoms with E-state index in [-0.39, 0.29) is 6.04 Å². The Kier molecular flexibility index (Phi) is 4.96. The molecule has 2 aromatic heterocycles. The molecule has 0 fully saturated rings. The van der Waals surface area contributed by atoms with E-state index >= 15 is 0 Å². The molecular weight excluding hydrogens is 328 g/mol. The Morgan fingerprint density at radius 3 is 2.79 bits per heavy atom. The molecule has 0 saturated heterocycles. The van der Waals surface area contributed by atoms with Crippen LogP contribution in [0.4, 0.5) is 5.69 Å². The molecule has 2 heterocycles. The van der Waals surface area contributed by atoms with Gasteiger partial charge in [-0.25, -0.2) is 0 Å². The standard InChI is InChI=1S/C17H17ClN4O2/c1-11(17-22-21-12(2)24-17)20-13-6-7-16(15(18)9-13)23-10-14-5-3-4-8-19-14/h3-9,11,20H,10H2,1-2H3/t11-/m0/s1. The van der Waals surface area contributed by atoms with Gasteiger partial charge in [0, 0.05) is 18.8 Å². The zero-order chi connectivity index (χ0) is 16.9. The predicted octanol–water partition coefficient (Wildman–Crippen LogP) is 4.18. The zero-order valence-corrected chi connectivity index (χ0v) is 14.1. The highest BCUT2D eigenvalue weighted by Crippen LogP contribution is 2.29. The SMILES string of the molecule is Cc1nnc([C@H](C)Nc2ccc(OCc3ccccn3)c(Cl)c2)o1. The van der Waals surface area contributed by atoms with E-state index in [0.717, 1.165) is 11.4 Å². The van der Waals surface area contributed by atoms with Crippen LogP contribution in [0.25, 0.3) is 0 Å². The molecule has 124 valence electrons. The van der Waals surface area contributed by atoms with Crippen LogP contribution in [0.1, 0.15) is 30.4 Å². The molecule has 3 rings (SSSR count). The molecule has 0 amide bonds. The van der Waals surface area contributed by atoms with Gasteiger partial charge in [-0.15, -0.1) is 10.2 Å². The van der Waals surface area contributed by atoms with Crippen molar-refractivity contribution in [1.29, 1.82) is 0 Å². The molecule has 0 bridgehead atoms. The molecule has 24 heavy (non-hydrogen) atoms. The minimum Gasteiger partial charge on any atom is -0.486 e. The smallest absolute Gasteiger partial charge is 0.238 e. The molecule has 7 heteroatoms. The summed E-state index contributed by atoms with van der Waals surface area (Å²) in [6.45, 7) is 4.06. The van der Waals surface area contributed by atoms with Crippen molar-refractivity contribution >= 4 is 17.3 Å². The van der Waals surface area contributed by atoms with E-state index in [1.807, 2.05) is 37.3 Å². The molecule has 3 aromatic rings. The molecule has 0 saturated carbocycles. The Morgan fingerprint density at radius 2 is 2.12 bits per heavy atom. The summed E-state index contributed by atoms with van der Waals surface area (Å²) in [5, 5.41) is 11.6. The van der Waals surface area contributed by atoms with Gasteiger partial charge in [-0.2, -0.15) is 0 Å². The maximum absolute atomic E-state index is 6.29.